The number of aliphatic hydroxyl groups is 1. The van der Waals surface area contributed by atoms with Crippen molar-refractivity contribution in [1.82, 2.24) is 10.6 Å². The molecule has 5 heteroatoms. The maximum atomic E-state index is 11.9. The predicted octanol–water partition coefficient (Wildman–Crippen LogP) is 2.43. The van der Waals surface area contributed by atoms with Gasteiger partial charge in [-0.05, 0) is 46.5 Å². The van der Waals surface area contributed by atoms with Crippen molar-refractivity contribution >= 4 is 6.09 Å². The molecule has 1 saturated carbocycles. The van der Waals surface area contributed by atoms with Gasteiger partial charge >= 0.3 is 6.09 Å². The molecule has 1 rings (SSSR count). The maximum absolute atomic E-state index is 11.9. The van der Waals surface area contributed by atoms with Gasteiger partial charge in [0, 0.05) is 25.1 Å². The first kappa shape index (κ1) is 18.2. The van der Waals surface area contributed by atoms with Crippen molar-refractivity contribution in [3.8, 4) is 0 Å². The lowest BCUT2D eigenvalue weighted by atomic mass is 9.76. The van der Waals surface area contributed by atoms with E-state index in [2.05, 4.69) is 24.5 Å². The zero-order chi connectivity index (χ0) is 16.1. The molecule has 1 aliphatic rings. The molecule has 1 atom stereocenters. The van der Waals surface area contributed by atoms with E-state index >= 15 is 0 Å². The summed E-state index contributed by atoms with van der Waals surface area (Å²) >= 11 is 0. The number of carbonyl (C=O) groups is 1. The molecule has 124 valence electrons. The van der Waals surface area contributed by atoms with E-state index < -0.39 is 5.60 Å². The lowest BCUT2D eigenvalue weighted by molar-refractivity contribution is 0.0375. The summed E-state index contributed by atoms with van der Waals surface area (Å²) in [5, 5.41) is 15.9. The summed E-state index contributed by atoms with van der Waals surface area (Å²) in [5.74, 6) is 0. The Morgan fingerprint density at radius 3 is 2.29 bits per heavy atom. The van der Waals surface area contributed by atoms with Crippen molar-refractivity contribution < 1.29 is 14.6 Å². The summed E-state index contributed by atoms with van der Waals surface area (Å²) in [6.45, 7) is 11.4. The molecular weight excluding hydrogens is 268 g/mol. The summed E-state index contributed by atoms with van der Waals surface area (Å²) in [6.07, 6.45) is 3.65. The average Bonchev–Trinajstić information content (AvgIpc) is 2.33. The third-order valence-corrected chi connectivity index (χ3v) is 4.33. The van der Waals surface area contributed by atoms with Crippen molar-refractivity contribution in [3.05, 3.63) is 0 Å². The van der Waals surface area contributed by atoms with Crippen LogP contribution in [0.4, 0.5) is 4.79 Å². The first-order valence-electron chi connectivity index (χ1n) is 7.96. The molecule has 0 aromatic heterocycles. The number of ether oxygens (including phenoxy) is 1. The molecule has 0 radical (unpaired) electrons. The fourth-order valence-electron chi connectivity index (χ4n) is 2.37. The Balaban J connectivity index is 2.45. The lowest BCUT2D eigenvalue weighted by Gasteiger charge is -2.43. The van der Waals surface area contributed by atoms with Gasteiger partial charge in [-0.2, -0.15) is 0 Å². The first-order chi connectivity index (χ1) is 9.64. The average molecular weight is 300 g/mol. The van der Waals surface area contributed by atoms with Crippen LogP contribution >= 0.6 is 0 Å². The van der Waals surface area contributed by atoms with Crippen LogP contribution in [0.15, 0.2) is 0 Å². The van der Waals surface area contributed by atoms with Gasteiger partial charge in [0.25, 0.3) is 0 Å². The van der Waals surface area contributed by atoms with E-state index in [-0.39, 0.29) is 23.7 Å². The van der Waals surface area contributed by atoms with Gasteiger partial charge in [0.1, 0.15) is 5.60 Å². The molecule has 3 N–H and O–H groups in total. The predicted molar refractivity (Wildman–Crippen MR) is 84.3 cm³/mol. The zero-order valence-electron chi connectivity index (χ0n) is 14.2. The van der Waals surface area contributed by atoms with Crippen LogP contribution < -0.4 is 10.6 Å². The van der Waals surface area contributed by atoms with Crippen LogP contribution in [-0.4, -0.2) is 42.0 Å². The summed E-state index contributed by atoms with van der Waals surface area (Å²) in [6, 6.07) is 0. The number of nitrogens with one attached hydrogen (secondary N) is 2. The van der Waals surface area contributed by atoms with Gasteiger partial charge in [0.15, 0.2) is 0 Å². The normalized spacial score (nSPS) is 20.3. The SMILES string of the molecule is CCC(C)(CO)CNCC1(NC(=O)OC(C)(C)C)CCC1. The highest BCUT2D eigenvalue weighted by atomic mass is 16.6. The molecule has 1 fully saturated rings. The van der Waals surface area contributed by atoms with E-state index in [0.29, 0.717) is 0 Å². The van der Waals surface area contributed by atoms with Crippen molar-refractivity contribution in [3.63, 3.8) is 0 Å². The molecule has 1 amide bonds. The maximum Gasteiger partial charge on any atom is 0.408 e. The number of aliphatic hydroxyl groups excluding tert-OH is 1. The van der Waals surface area contributed by atoms with Crippen molar-refractivity contribution in [1.29, 1.82) is 0 Å². The van der Waals surface area contributed by atoms with Gasteiger partial charge in [0.2, 0.25) is 0 Å². The van der Waals surface area contributed by atoms with Crippen LogP contribution in [0.3, 0.4) is 0 Å². The first-order valence-corrected chi connectivity index (χ1v) is 7.96. The largest absolute Gasteiger partial charge is 0.444 e. The second kappa shape index (κ2) is 6.97. The van der Waals surface area contributed by atoms with Crippen LogP contribution in [0.5, 0.6) is 0 Å². The summed E-state index contributed by atoms with van der Waals surface area (Å²) in [7, 11) is 0. The van der Waals surface area contributed by atoms with E-state index in [1.807, 2.05) is 20.8 Å². The van der Waals surface area contributed by atoms with Crippen LogP contribution in [0.1, 0.15) is 60.3 Å². The second-order valence-electron chi connectivity index (χ2n) is 7.69. The smallest absolute Gasteiger partial charge is 0.408 e. The highest BCUT2D eigenvalue weighted by molar-refractivity contribution is 5.69. The fraction of sp³-hybridized carbons (Fsp3) is 0.938. The highest BCUT2D eigenvalue weighted by Gasteiger charge is 2.39. The molecule has 1 aliphatic carbocycles. The van der Waals surface area contributed by atoms with Crippen LogP contribution in [0, 0.1) is 5.41 Å². The number of hydrogen-bond acceptors (Lipinski definition) is 4. The monoisotopic (exact) mass is 300 g/mol. The number of hydrogen-bond donors (Lipinski definition) is 3. The Morgan fingerprint density at radius 1 is 1.29 bits per heavy atom. The minimum absolute atomic E-state index is 0.100. The van der Waals surface area contributed by atoms with Gasteiger partial charge < -0.3 is 20.5 Å². The van der Waals surface area contributed by atoms with Crippen LogP contribution in [-0.2, 0) is 4.74 Å². The van der Waals surface area contributed by atoms with E-state index in [1.54, 1.807) is 0 Å². The Labute approximate surface area is 128 Å². The molecule has 21 heavy (non-hydrogen) atoms. The summed E-state index contributed by atoms with van der Waals surface area (Å²) < 4.78 is 5.34. The molecule has 0 saturated heterocycles. The standard InChI is InChI=1S/C16H32N2O3/c1-6-15(5,12-19)10-17-11-16(8-7-9-16)18-13(20)21-14(2,3)4/h17,19H,6-12H2,1-5H3,(H,18,20). The van der Waals surface area contributed by atoms with Crippen LogP contribution in [0.25, 0.3) is 0 Å². The van der Waals surface area contributed by atoms with Gasteiger partial charge in [0.05, 0.1) is 5.54 Å². The van der Waals surface area contributed by atoms with Crippen molar-refractivity contribution in [2.24, 2.45) is 5.41 Å². The Kier molecular flexibility index (Phi) is 6.05. The minimum Gasteiger partial charge on any atom is -0.444 e. The molecule has 0 aliphatic heterocycles. The third-order valence-electron chi connectivity index (χ3n) is 4.33. The van der Waals surface area contributed by atoms with Crippen molar-refractivity contribution in [2.45, 2.75) is 71.4 Å². The van der Waals surface area contributed by atoms with Gasteiger partial charge in [-0.1, -0.05) is 13.8 Å². The van der Waals surface area contributed by atoms with E-state index in [9.17, 15) is 9.90 Å². The van der Waals surface area contributed by atoms with E-state index in [1.165, 1.54) is 0 Å². The summed E-state index contributed by atoms with van der Waals surface area (Å²) in [5.41, 5.74) is -0.760. The quantitative estimate of drug-likeness (QED) is 0.675. The molecule has 1 unspecified atom stereocenters. The summed E-state index contributed by atoms with van der Waals surface area (Å²) in [4.78, 5) is 11.9. The molecule has 5 nitrogen and oxygen atoms in total. The Bertz CT molecular complexity index is 342. The van der Waals surface area contributed by atoms with E-state index in [4.69, 9.17) is 4.74 Å². The zero-order valence-corrected chi connectivity index (χ0v) is 14.2. The van der Waals surface area contributed by atoms with Crippen molar-refractivity contribution in [2.75, 3.05) is 19.7 Å². The Morgan fingerprint density at radius 2 is 1.90 bits per heavy atom. The van der Waals surface area contributed by atoms with Crippen LogP contribution in [0.2, 0.25) is 0 Å². The molecule has 0 aromatic carbocycles. The topological polar surface area (TPSA) is 70.6 Å². The molecule has 0 aromatic rings. The third kappa shape index (κ3) is 5.83. The van der Waals surface area contributed by atoms with Gasteiger partial charge in [-0.3, -0.25) is 0 Å². The van der Waals surface area contributed by atoms with Gasteiger partial charge in [-0.15, -0.1) is 0 Å². The van der Waals surface area contributed by atoms with Gasteiger partial charge in [-0.25, -0.2) is 4.79 Å². The lowest BCUT2D eigenvalue weighted by Crippen LogP contribution is -2.60. The number of rotatable bonds is 7. The fourth-order valence-corrected chi connectivity index (χ4v) is 2.37. The molecular formula is C16H32N2O3. The Hall–Kier alpha value is -0.810. The number of carbonyl (C=O) groups excluding carboxylic acids is 1. The number of amides is 1. The highest BCUT2D eigenvalue weighted by Crippen LogP contribution is 2.32. The second-order valence-corrected chi connectivity index (χ2v) is 7.69. The molecule has 0 spiro atoms. The minimum atomic E-state index is -0.472. The van der Waals surface area contributed by atoms with E-state index in [0.717, 1.165) is 38.8 Å². The molecule has 0 bridgehead atoms. The number of alkyl carbamates (subject to hydrolysis) is 1. The molecule has 0 heterocycles.